The number of hydrogen-bond acceptors (Lipinski definition) is 3. The highest BCUT2D eigenvalue weighted by molar-refractivity contribution is 14.0. The third-order valence-electron chi connectivity index (χ3n) is 3.52. The minimum Gasteiger partial charge on any atom is -0.357 e. The molecule has 2 aromatic rings. The number of halogens is 2. The number of rotatable bonds is 7. The molecule has 1 amide bonds. The number of amides is 1. The molecule has 1 unspecified atom stereocenters. The van der Waals surface area contributed by atoms with Crippen LogP contribution in [0.5, 0.6) is 0 Å². The summed E-state index contributed by atoms with van der Waals surface area (Å²) in [6.45, 7) is 5.47. The van der Waals surface area contributed by atoms with Crippen LogP contribution in [0.4, 0.5) is 10.1 Å². The summed E-state index contributed by atoms with van der Waals surface area (Å²) in [5, 5.41) is 13.2. The Hall–Kier alpha value is -1.68. The van der Waals surface area contributed by atoms with Crippen LogP contribution in [-0.2, 0) is 4.79 Å². The number of nitrogens with one attached hydrogen (secondary N) is 3. The van der Waals surface area contributed by atoms with Crippen LogP contribution in [0.3, 0.4) is 0 Å². The van der Waals surface area contributed by atoms with Crippen LogP contribution in [0.1, 0.15) is 25.3 Å². The maximum Gasteiger partial charge on any atom is 0.246 e. The number of benzene rings is 1. The Kier molecular flexibility index (Phi) is 10.2. The van der Waals surface area contributed by atoms with Gasteiger partial charge in [-0.15, -0.1) is 24.0 Å². The Morgan fingerprint density at radius 1 is 1.31 bits per heavy atom. The highest BCUT2D eigenvalue weighted by Crippen LogP contribution is 2.16. The third-order valence-corrected chi connectivity index (χ3v) is 4.22. The van der Waals surface area contributed by atoms with Crippen molar-refractivity contribution in [1.82, 2.24) is 10.6 Å². The molecule has 1 heterocycles. The smallest absolute Gasteiger partial charge is 0.246 e. The van der Waals surface area contributed by atoms with E-state index in [9.17, 15) is 9.18 Å². The van der Waals surface area contributed by atoms with Crippen molar-refractivity contribution >= 4 is 52.9 Å². The largest absolute Gasteiger partial charge is 0.357 e. The number of nitrogens with zero attached hydrogens (tertiary/aromatic N) is 1. The van der Waals surface area contributed by atoms with Crippen LogP contribution >= 0.6 is 35.3 Å². The number of anilines is 1. The molecule has 5 nitrogen and oxygen atoms in total. The van der Waals surface area contributed by atoms with E-state index in [-0.39, 0.29) is 36.4 Å². The second-order valence-electron chi connectivity index (χ2n) is 5.59. The van der Waals surface area contributed by atoms with Crippen molar-refractivity contribution in [2.24, 2.45) is 4.99 Å². The molecule has 0 radical (unpaired) electrons. The summed E-state index contributed by atoms with van der Waals surface area (Å²) in [7, 11) is 0. The van der Waals surface area contributed by atoms with Gasteiger partial charge >= 0.3 is 0 Å². The van der Waals surface area contributed by atoms with Crippen LogP contribution in [0.2, 0.25) is 0 Å². The van der Waals surface area contributed by atoms with Gasteiger partial charge in [-0.25, -0.2) is 9.38 Å². The molecule has 8 heteroatoms. The van der Waals surface area contributed by atoms with E-state index in [1.165, 1.54) is 17.7 Å². The summed E-state index contributed by atoms with van der Waals surface area (Å²) in [6, 6.07) is 7.89. The van der Waals surface area contributed by atoms with Crippen molar-refractivity contribution in [3.8, 4) is 0 Å². The molecule has 0 aliphatic carbocycles. The van der Waals surface area contributed by atoms with Gasteiger partial charge in [0, 0.05) is 18.8 Å². The van der Waals surface area contributed by atoms with Gasteiger partial charge in [0.25, 0.3) is 0 Å². The summed E-state index contributed by atoms with van der Waals surface area (Å²) in [5.41, 5.74) is 1.70. The standard InChI is InChI=1S/C18H23FN4OS.HI/c1-3-20-18(21-10-13(2)14-7-8-25-12-14)22-11-17(24)23-16-6-4-5-15(19)9-16;/h4-9,12-13H,3,10-11H2,1-2H3,(H,23,24)(H2,20,21,22);1H. The molecule has 1 aromatic carbocycles. The summed E-state index contributed by atoms with van der Waals surface area (Å²) in [6.07, 6.45) is 0. The van der Waals surface area contributed by atoms with Crippen molar-refractivity contribution in [2.75, 3.05) is 25.0 Å². The Labute approximate surface area is 174 Å². The average Bonchev–Trinajstić information content (AvgIpc) is 3.12. The lowest BCUT2D eigenvalue weighted by molar-refractivity contribution is -0.114. The van der Waals surface area contributed by atoms with Gasteiger partial charge in [0.15, 0.2) is 5.96 Å². The molecule has 142 valence electrons. The van der Waals surface area contributed by atoms with Gasteiger partial charge in [-0.2, -0.15) is 11.3 Å². The van der Waals surface area contributed by atoms with Crippen molar-refractivity contribution in [3.63, 3.8) is 0 Å². The Morgan fingerprint density at radius 2 is 2.12 bits per heavy atom. The first-order valence-electron chi connectivity index (χ1n) is 8.18. The van der Waals surface area contributed by atoms with E-state index in [0.29, 0.717) is 30.7 Å². The van der Waals surface area contributed by atoms with Crippen molar-refractivity contribution in [3.05, 3.63) is 52.5 Å². The minimum absolute atomic E-state index is 0. The van der Waals surface area contributed by atoms with Gasteiger partial charge < -0.3 is 16.0 Å². The lowest BCUT2D eigenvalue weighted by Crippen LogP contribution is -2.39. The lowest BCUT2D eigenvalue weighted by atomic mass is 10.1. The maximum absolute atomic E-state index is 13.1. The number of aliphatic imine (C=N–C) groups is 1. The summed E-state index contributed by atoms with van der Waals surface area (Å²) in [5.74, 6) is 0.239. The fourth-order valence-electron chi connectivity index (χ4n) is 2.18. The van der Waals surface area contributed by atoms with E-state index in [4.69, 9.17) is 0 Å². The molecule has 0 aliphatic heterocycles. The van der Waals surface area contributed by atoms with Crippen molar-refractivity contribution < 1.29 is 9.18 Å². The van der Waals surface area contributed by atoms with E-state index in [1.54, 1.807) is 23.5 Å². The van der Waals surface area contributed by atoms with Crippen LogP contribution < -0.4 is 16.0 Å². The summed E-state index contributed by atoms with van der Waals surface area (Å²) in [4.78, 5) is 16.2. The highest BCUT2D eigenvalue weighted by atomic mass is 127. The zero-order valence-electron chi connectivity index (χ0n) is 14.8. The van der Waals surface area contributed by atoms with Crippen LogP contribution in [0.15, 0.2) is 46.1 Å². The second-order valence-corrected chi connectivity index (χ2v) is 6.37. The molecule has 26 heavy (non-hydrogen) atoms. The topological polar surface area (TPSA) is 65.5 Å². The molecular formula is C18H24FIN4OS. The SMILES string of the molecule is CCNC(=NCC(=O)Nc1cccc(F)c1)NCC(C)c1ccsc1.I. The van der Waals surface area contributed by atoms with Gasteiger partial charge in [0.2, 0.25) is 5.91 Å². The predicted octanol–water partition coefficient (Wildman–Crippen LogP) is 3.80. The van der Waals surface area contributed by atoms with Gasteiger partial charge in [0.1, 0.15) is 12.4 Å². The molecule has 0 saturated heterocycles. The molecule has 1 atom stereocenters. The average molecular weight is 490 g/mol. The van der Waals surface area contributed by atoms with E-state index < -0.39 is 5.82 Å². The van der Waals surface area contributed by atoms with Gasteiger partial charge in [-0.3, -0.25) is 4.79 Å². The number of guanidine groups is 1. The van der Waals surface area contributed by atoms with Crippen molar-refractivity contribution in [1.29, 1.82) is 0 Å². The molecule has 0 spiro atoms. The Bertz CT molecular complexity index is 709. The molecule has 1 aromatic heterocycles. The third kappa shape index (κ3) is 7.69. The first kappa shape index (κ1) is 22.4. The first-order chi connectivity index (χ1) is 12.1. The molecule has 0 bridgehead atoms. The number of thiophene rings is 1. The normalized spacial score (nSPS) is 12.0. The number of carbonyl (C=O) groups is 1. The second kappa shape index (κ2) is 11.8. The van der Waals surface area contributed by atoms with Crippen LogP contribution in [-0.4, -0.2) is 31.5 Å². The quantitative estimate of drug-likeness (QED) is 0.314. The maximum atomic E-state index is 13.1. The predicted molar refractivity (Wildman–Crippen MR) is 117 cm³/mol. The molecule has 3 N–H and O–H groups in total. The van der Waals surface area contributed by atoms with E-state index >= 15 is 0 Å². The highest BCUT2D eigenvalue weighted by Gasteiger charge is 2.08. The Morgan fingerprint density at radius 3 is 2.77 bits per heavy atom. The van der Waals surface area contributed by atoms with Crippen LogP contribution in [0.25, 0.3) is 0 Å². The first-order valence-corrected chi connectivity index (χ1v) is 9.12. The van der Waals surface area contributed by atoms with Crippen molar-refractivity contribution in [2.45, 2.75) is 19.8 Å². The summed E-state index contributed by atoms with van der Waals surface area (Å²) >= 11 is 1.68. The number of carbonyl (C=O) groups excluding carboxylic acids is 1. The zero-order valence-corrected chi connectivity index (χ0v) is 17.9. The molecule has 0 aliphatic rings. The van der Waals surface area contributed by atoms with E-state index in [0.717, 1.165) is 0 Å². The van der Waals surface area contributed by atoms with Gasteiger partial charge in [0.05, 0.1) is 0 Å². The van der Waals surface area contributed by atoms with Gasteiger partial charge in [-0.1, -0.05) is 13.0 Å². The monoisotopic (exact) mass is 490 g/mol. The summed E-state index contributed by atoms with van der Waals surface area (Å²) < 4.78 is 13.1. The Balaban J connectivity index is 0.00000338. The van der Waals surface area contributed by atoms with Crippen LogP contribution in [0, 0.1) is 5.82 Å². The minimum atomic E-state index is -0.390. The zero-order chi connectivity index (χ0) is 18.1. The lowest BCUT2D eigenvalue weighted by Gasteiger charge is -2.15. The van der Waals surface area contributed by atoms with E-state index in [1.807, 2.05) is 6.92 Å². The molecule has 0 saturated carbocycles. The molecular weight excluding hydrogens is 466 g/mol. The molecule has 2 rings (SSSR count). The fourth-order valence-corrected chi connectivity index (χ4v) is 2.96. The van der Waals surface area contributed by atoms with E-state index in [2.05, 4.69) is 44.7 Å². The number of hydrogen-bond donors (Lipinski definition) is 3. The molecule has 0 fully saturated rings. The van der Waals surface area contributed by atoms with Gasteiger partial charge in [-0.05, 0) is 53.4 Å². The fraction of sp³-hybridized carbons (Fsp3) is 0.333.